The monoisotopic (exact) mass is 213 g/mol. The molecule has 0 aromatic heterocycles. The predicted octanol–water partition coefficient (Wildman–Crippen LogP) is 4.23. The molecular formula is C14H31N. The molecule has 0 rings (SSSR count). The molecule has 0 bridgehead atoms. The molecule has 0 saturated heterocycles. The van der Waals surface area contributed by atoms with Gasteiger partial charge in [0.1, 0.15) is 0 Å². The third-order valence-corrected chi connectivity index (χ3v) is 2.96. The van der Waals surface area contributed by atoms with Crippen LogP contribution in [0.25, 0.3) is 0 Å². The zero-order chi connectivity index (χ0) is 11.9. The van der Waals surface area contributed by atoms with Crippen molar-refractivity contribution in [3.8, 4) is 0 Å². The number of rotatable bonds is 7. The fourth-order valence-electron chi connectivity index (χ4n) is 1.89. The van der Waals surface area contributed by atoms with Gasteiger partial charge in [0, 0.05) is 6.04 Å². The van der Waals surface area contributed by atoms with E-state index in [1.54, 1.807) is 0 Å². The molecule has 1 N–H and O–H groups in total. The lowest BCUT2D eigenvalue weighted by Crippen LogP contribution is -2.40. The topological polar surface area (TPSA) is 12.0 Å². The van der Waals surface area contributed by atoms with Crippen LogP contribution in [0.1, 0.15) is 67.2 Å². The Balaban J connectivity index is 3.91. The van der Waals surface area contributed by atoms with Crippen molar-refractivity contribution in [2.45, 2.75) is 73.3 Å². The minimum Gasteiger partial charge on any atom is -0.313 e. The van der Waals surface area contributed by atoms with Crippen LogP contribution < -0.4 is 5.32 Å². The molecule has 0 aliphatic rings. The molecule has 1 nitrogen and oxygen atoms in total. The van der Waals surface area contributed by atoms with Crippen molar-refractivity contribution in [2.24, 2.45) is 11.3 Å². The summed E-state index contributed by atoms with van der Waals surface area (Å²) in [5.74, 6) is 0.844. The summed E-state index contributed by atoms with van der Waals surface area (Å²) < 4.78 is 0. The summed E-state index contributed by atoms with van der Waals surface area (Å²) in [4.78, 5) is 0. The molecule has 1 heteroatoms. The molecule has 0 saturated carbocycles. The van der Waals surface area contributed by atoms with Crippen LogP contribution in [0.3, 0.4) is 0 Å². The third-order valence-electron chi connectivity index (χ3n) is 2.96. The molecule has 0 aliphatic heterocycles. The smallest absolute Gasteiger partial charge is 0.0116 e. The maximum atomic E-state index is 3.68. The third kappa shape index (κ3) is 7.84. The van der Waals surface area contributed by atoms with Crippen LogP contribution in [0, 0.1) is 11.3 Å². The zero-order valence-electron chi connectivity index (χ0n) is 11.7. The largest absolute Gasteiger partial charge is 0.313 e. The van der Waals surface area contributed by atoms with Crippen LogP contribution in [-0.2, 0) is 0 Å². The second kappa shape index (κ2) is 7.27. The number of nitrogens with one attached hydrogen (secondary N) is 1. The highest BCUT2D eigenvalue weighted by molar-refractivity contribution is 4.80. The minimum atomic E-state index is 0.395. The van der Waals surface area contributed by atoms with E-state index in [1.165, 1.54) is 25.7 Å². The zero-order valence-corrected chi connectivity index (χ0v) is 11.7. The highest BCUT2D eigenvalue weighted by Crippen LogP contribution is 2.24. The van der Waals surface area contributed by atoms with E-state index < -0.39 is 0 Å². The van der Waals surface area contributed by atoms with E-state index in [4.69, 9.17) is 0 Å². The van der Waals surface area contributed by atoms with Crippen molar-refractivity contribution in [3.63, 3.8) is 0 Å². The fraction of sp³-hybridized carbons (Fsp3) is 1.00. The maximum Gasteiger partial charge on any atom is 0.0116 e. The van der Waals surface area contributed by atoms with Crippen LogP contribution in [0.5, 0.6) is 0 Å². The molecule has 15 heavy (non-hydrogen) atoms. The Morgan fingerprint density at radius 2 is 1.67 bits per heavy atom. The lowest BCUT2D eigenvalue weighted by molar-refractivity contribution is 0.247. The van der Waals surface area contributed by atoms with Crippen LogP contribution in [0.15, 0.2) is 0 Å². The van der Waals surface area contributed by atoms with E-state index in [0.717, 1.165) is 12.5 Å². The van der Waals surface area contributed by atoms with E-state index in [1.807, 2.05) is 0 Å². The van der Waals surface area contributed by atoms with Gasteiger partial charge in [-0.1, -0.05) is 54.4 Å². The van der Waals surface area contributed by atoms with Gasteiger partial charge in [0.25, 0.3) is 0 Å². The fourth-order valence-corrected chi connectivity index (χ4v) is 1.89. The molecule has 0 aliphatic carbocycles. The Kier molecular flexibility index (Phi) is 7.25. The van der Waals surface area contributed by atoms with E-state index in [2.05, 4.69) is 46.9 Å². The molecule has 0 fully saturated rings. The first kappa shape index (κ1) is 15.0. The van der Waals surface area contributed by atoms with E-state index in [0.29, 0.717) is 11.5 Å². The summed E-state index contributed by atoms with van der Waals surface area (Å²) >= 11 is 0. The lowest BCUT2D eigenvalue weighted by atomic mass is 9.83. The van der Waals surface area contributed by atoms with Gasteiger partial charge in [-0.3, -0.25) is 0 Å². The molecule has 0 radical (unpaired) electrons. The second-order valence-corrected chi connectivity index (χ2v) is 6.20. The van der Waals surface area contributed by atoms with Crippen molar-refractivity contribution < 1.29 is 0 Å². The summed E-state index contributed by atoms with van der Waals surface area (Å²) in [5.41, 5.74) is 0.395. The Labute approximate surface area is 97.0 Å². The van der Waals surface area contributed by atoms with Crippen molar-refractivity contribution in [1.29, 1.82) is 0 Å². The second-order valence-electron chi connectivity index (χ2n) is 6.20. The van der Waals surface area contributed by atoms with Crippen LogP contribution in [0.4, 0.5) is 0 Å². The molecule has 0 amide bonds. The average molecular weight is 213 g/mol. The standard InChI is InChI=1S/C14H31N/c1-7-11-15-13(14(4,5)6)10-8-9-12(2)3/h12-13,15H,7-11H2,1-6H3. The molecular weight excluding hydrogens is 182 g/mol. The van der Waals surface area contributed by atoms with Gasteiger partial charge in [0.2, 0.25) is 0 Å². The Bertz CT molecular complexity index is 144. The van der Waals surface area contributed by atoms with E-state index >= 15 is 0 Å². The molecule has 92 valence electrons. The van der Waals surface area contributed by atoms with Crippen molar-refractivity contribution >= 4 is 0 Å². The van der Waals surface area contributed by atoms with Crippen LogP contribution in [0.2, 0.25) is 0 Å². The van der Waals surface area contributed by atoms with Crippen LogP contribution >= 0.6 is 0 Å². The summed E-state index contributed by atoms with van der Waals surface area (Å²) in [6, 6.07) is 0.677. The highest BCUT2D eigenvalue weighted by Gasteiger charge is 2.23. The van der Waals surface area contributed by atoms with Gasteiger partial charge in [-0.25, -0.2) is 0 Å². The summed E-state index contributed by atoms with van der Waals surface area (Å²) in [6.45, 7) is 15.0. The van der Waals surface area contributed by atoms with Crippen molar-refractivity contribution in [3.05, 3.63) is 0 Å². The van der Waals surface area contributed by atoms with Gasteiger partial charge in [-0.2, -0.15) is 0 Å². The molecule has 0 heterocycles. The first-order valence-corrected chi connectivity index (χ1v) is 6.61. The van der Waals surface area contributed by atoms with E-state index in [-0.39, 0.29) is 0 Å². The van der Waals surface area contributed by atoms with Gasteiger partial charge >= 0.3 is 0 Å². The lowest BCUT2D eigenvalue weighted by Gasteiger charge is -2.32. The SMILES string of the molecule is CCCNC(CCCC(C)C)C(C)(C)C. The maximum absolute atomic E-state index is 3.68. The molecule has 0 aromatic carbocycles. The van der Waals surface area contributed by atoms with Crippen molar-refractivity contribution in [2.75, 3.05) is 6.54 Å². The molecule has 0 spiro atoms. The quantitative estimate of drug-likeness (QED) is 0.667. The van der Waals surface area contributed by atoms with Gasteiger partial charge in [0.15, 0.2) is 0 Å². The Morgan fingerprint density at radius 1 is 1.07 bits per heavy atom. The summed E-state index contributed by atoms with van der Waals surface area (Å²) in [7, 11) is 0. The summed E-state index contributed by atoms with van der Waals surface area (Å²) in [6.07, 6.45) is 5.27. The van der Waals surface area contributed by atoms with E-state index in [9.17, 15) is 0 Å². The minimum absolute atomic E-state index is 0.395. The summed E-state index contributed by atoms with van der Waals surface area (Å²) in [5, 5.41) is 3.68. The Hall–Kier alpha value is -0.0400. The van der Waals surface area contributed by atoms with Gasteiger partial charge in [0.05, 0.1) is 0 Å². The first-order valence-electron chi connectivity index (χ1n) is 6.61. The molecule has 0 aromatic rings. The van der Waals surface area contributed by atoms with Gasteiger partial charge < -0.3 is 5.32 Å². The van der Waals surface area contributed by atoms with Crippen LogP contribution in [-0.4, -0.2) is 12.6 Å². The molecule has 1 atom stereocenters. The average Bonchev–Trinajstić information content (AvgIpc) is 2.08. The van der Waals surface area contributed by atoms with Crippen molar-refractivity contribution in [1.82, 2.24) is 5.32 Å². The first-order chi connectivity index (χ1) is 6.88. The molecule has 1 unspecified atom stereocenters. The Morgan fingerprint density at radius 3 is 2.07 bits per heavy atom. The normalized spacial score (nSPS) is 14.6. The van der Waals surface area contributed by atoms with Gasteiger partial charge in [-0.05, 0) is 30.7 Å². The number of hydrogen-bond acceptors (Lipinski definition) is 1. The number of hydrogen-bond donors (Lipinski definition) is 1. The predicted molar refractivity (Wildman–Crippen MR) is 70.2 cm³/mol. The highest BCUT2D eigenvalue weighted by atomic mass is 14.9. The van der Waals surface area contributed by atoms with Gasteiger partial charge in [-0.15, -0.1) is 0 Å².